The van der Waals surface area contributed by atoms with Crippen molar-refractivity contribution in [3.8, 4) is 0 Å². The highest BCUT2D eigenvalue weighted by Crippen LogP contribution is 2.68. The van der Waals surface area contributed by atoms with E-state index in [2.05, 4.69) is 30.7 Å². The highest BCUT2D eigenvalue weighted by molar-refractivity contribution is 5.47. The predicted octanol–water partition coefficient (Wildman–Crippen LogP) is 3.75. The first-order valence-corrected chi connectivity index (χ1v) is 7.77. The summed E-state index contributed by atoms with van der Waals surface area (Å²) in [7, 11) is 0. The zero-order valence-electron chi connectivity index (χ0n) is 11.2. The molecule has 1 unspecified atom stereocenters. The van der Waals surface area contributed by atoms with Gasteiger partial charge in [0.15, 0.2) is 0 Å². The molecule has 5 aliphatic carbocycles. The SMILES string of the molecule is O[C]1c2ccccc2CC12[C@@H]1C[C@@H]3[CH][C@H]2C[C@@H](C3)C1. The van der Waals surface area contributed by atoms with Gasteiger partial charge in [0.2, 0.25) is 0 Å². The number of hydrogen-bond acceptors (Lipinski definition) is 1. The van der Waals surface area contributed by atoms with Crippen molar-refractivity contribution in [3.05, 3.63) is 47.9 Å². The summed E-state index contributed by atoms with van der Waals surface area (Å²) in [6, 6.07) is 8.51. The second kappa shape index (κ2) is 3.44. The lowest BCUT2D eigenvalue weighted by Crippen LogP contribution is -2.55. The fraction of sp³-hybridized carbons (Fsp3) is 0.556. The Labute approximate surface area is 115 Å². The fourth-order valence-corrected chi connectivity index (χ4v) is 5.91. The van der Waals surface area contributed by atoms with Crippen molar-refractivity contribution in [3.63, 3.8) is 0 Å². The van der Waals surface area contributed by atoms with Crippen LogP contribution >= 0.6 is 0 Å². The highest BCUT2D eigenvalue weighted by atomic mass is 16.3. The van der Waals surface area contributed by atoms with E-state index in [1.165, 1.54) is 31.2 Å². The van der Waals surface area contributed by atoms with Gasteiger partial charge in [-0.15, -0.1) is 0 Å². The van der Waals surface area contributed by atoms with E-state index in [-0.39, 0.29) is 5.41 Å². The molecule has 1 spiro atoms. The van der Waals surface area contributed by atoms with Gasteiger partial charge in [-0.1, -0.05) is 24.3 Å². The van der Waals surface area contributed by atoms with Crippen LogP contribution in [0.3, 0.4) is 0 Å². The molecule has 2 radical (unpaired) electrons. The average Bonchev–Trinajstić information content (AvgIpc) is 2.70. The maximum Gasteiger partial charge on any atom is 0.130 e. The van der Waals surface area contributed by atoms with Crippen LogP contribution in [0.4, 0.5) is 0 Å². The molecular weight excluding hydrogens is 232 g/mol. The number of benzene rings is 1. The van der Waals surface area contributed by atoms with Gasteiger partial charge in [-0.2, -0.15) is 0 Å². The molecule has 5 aliphatic rings. The molecule has 19 heavy (non-hydrogen) atoms. The lowest BCUT2D eigenvalue weighted by Gasteiger charge is -2.61. The summed E-state index contributed by atoms with van der Waals surface area (Å²) in [5.74, 6) is 3.16. The van der Waals surface area contributed by atoms with Gasteiger partial charge in [0.05, 0.1) is 0 Å². The molecular formula is C18H20O. The first-order valence-electron chi connectivity index (χ1n) is 7.77. The molecule has 4 saturated carbocycles. The quantitative estimate of drug-likeness (QED) is 0.745. The molecule has 6 rings (SSSR count). The third-order valence-electron chi connectivity index (χ3n) is 6.52. The minimum atomic E-state index is 0.0805. The van der Waals surface area contributed by atoms with Crippen LogP contribution in [0.2, 0.25) is 0 Å². The van der Waals surface area contributed by atoms with Crippen molar-refractivity contribution in [2.75, 3.05) is 0 Å². The molecule has 1 nitrogen and oxygen atoms in total. The first-order chi connectivity index (χ1) is 9.27. The Hall–Kier alpha value is -0.820. The van der Waals surface area contributed by atoms with Crippen LogP contribution in [-0.2, 0) is 6.42 Å². The third-order valence-corrected chi connectivity index (χ3v) is 6.52. The lowest BCUT2D eigenvalue weighted by molar-refractivity contribution is -0.0842. The molecule has 1 N–H and O–H groups in total. The van der Waals surface area contributed by atoms with Crippen molar-refractivity contribution in [2.45, 2.75) is 32.1 Å². The van der Waals surface area contributed by atoms with E-state index in [0.717, 1.165) is 35.8 Å². The van der Waals surface area contributed by atoms with E-state index in [0.29, 0.717) is 5.92 Å². The van der Waals surface area contributed by atoms with Gasteiger partial charge in [0.25, 0.3) is 0 Å². The van der Waals surface area contributed by atoms with Gasteiger partial charge < -0.3 is 5.11 Å². The molecule has 1 heteroatoms. The van der Waals surface area contributed by atoms with Crippen LogP contribution in [0.15, 0.2) is 24.3 Å². The fourth-order valence-electron chi connectivity index (χ4n) is 5.91. The molecule has 1 aromatic rings. The zero-order valence-corrected chi connectivity index (χ0v) is 11.2. The Morgan fingerprint density at radius 2 is 1.95 bits per heavy atom. The zero-order chi connectivity index (χ0) is 12.6. The molecule has 4 bridgehead atoms. The second-order valence-electron chi connectivity index (χ2n) is 7.29. The molecule has 0 saturated heterocycles. The summed E-state index contributed by atoms with van der Waals surface area (Å²) in [5, 5.41) is 11.0. The summed E-state index contributed by atoms with van der Waals surface area (Å²) in [6.07, 6.45) is 9.86. The Morgan fingerprint density at radius 3 is 2.74 bits per heavy atom. The third kappa shape index (κ3) is 1.21. The summed E-state index contributed by atoms with van der Waals surface area (Å²) in [6.45, 7) is 0. The minimum Gasteiger partial charge on any atom is -0.381 e. The normalized spacial score (nSPS) is 47.0. The van der Waals surface area contributed by atoms with Gasteiger partial charge in [-0.25, -0.2) is 0 Å². The second-order valence-corrected chi connectivity index (χ2v) is 7.29. The molecule has 0 aromatic heterocycles. The number of rotatable bonds is 0. The minimum absolute atomic E-state index is 0.0805. The van der Waals surface area contributed by atoms with E-state index < -0.39 is 0 Å². The summed E-state index contributed by atoms with van der Waals surface area (Å²) >= 11 is 0. The van der Waals surface area contributed by atoms with Crippen molar-refractivity contribution in [2.24, 2.45) is 29.1 Å². The van der Waals surface area contributed by atoms with E-state index >= 15 is 0 Å². The molecule has 0 amide bonds. The Balaban J connectivity index is 1.63. The lowest BCUT2D eigenvalue weighted by atomic mass is 9.44. The number of hydrogen-bond donors (Lipinski definition) is 1. The maximum absolute atomic E-state index is 11.0. The molecule has 0 heterocycles. The Kier molecular flexibility index (Phi) is 1.97. The van der Waals surface area contributed by atoms with Crippen molar-refractivity contribution >= 4 is 0 Å². The molecule has 0 aliphatic heterocycles. The van der Waals surface area contributed by atoms with E-state index in [4.69, 9.17) is 0 Å². The van der Waals surface area contributed by atoms with Crippen molar-refractivity contribution < 1.29 is 5.11 Å². The standard InChI is InChI=1S/C18H20O/c19-17-16-4-2-1-3-13(16)10-18(17)14-6-11-5-12(8-14)9-15(18)7-11/h1-4,6,11-12,14-15,19H,5,7-10H2/t11-,12+,14-,15+,18?/m0/s1. The Morgan fingerprint density at radius 1 is 1.05 bits per heavy atom. The van der Waals surface area contributed by atoms with E-state index in [1.54, 1.807) is 0 Å². The summed E-state index contributed by atoms with van der Waals surface area (Å²) in [5.41, 5.74) is 2.60. The smallest absolute Gasteiger partial charge is 0.130 e. The van der Waals surface area contributed by atoms with Gasteiger partial charge in [0, 0.05) is 5.41 Å². The number of aliphatic hydroxyl groups is 1. The Bertz CT molecular complexity index is 504. The monoisotopic (exact) mass is 252 g/mol. The molecule has 98 valence electrons. The number of fused-ring (bicyclic) bond motifs is 1. The average molecular weight is 252 g/mol. The summed E-state index contributed by atoms with van der Waals surface area (Å²) < 4.78 is 0. The van der Waals surface area contributed by atoms with Gasteiger partial charge in [-0.05, 0) is 73.3 Å². The van der Waals surface area contributed by atoms with Crippen molar-refractivity contribution in [1.82, 2.24) is 0 Å². The largest absolute Gasteiger partial charge is 0.381 e. The van der Waals surface area contributed by atoms with Crippen LogP contribution < -0.4 is 0 Å². The molecule has 1 aromatic carbocycles. The maximum atomic E-state index is 11.0. The van der Waals surface area contributed by atoms with Crippen molar-refractivity contribution in [1.29, 1.82) is 0 Å². The van der Waals surface area contributed by atoms with E-state index in [9.17, 15) is 5.11 Å². The number of aliphatic hydroxyl groups excluding tert-OH is 1. The van der Waals surface area contributed by atoms with Gasteiger partial charge >= 0.3 is 0 Å². The first kappa shape index (κ1) is 10.9. The van der Waals surface area contributed by atoms with E-state index in [1.807, 2.05) is 0 Å². The van der Waals surface area contributed by atoms with Crippen LogP contribution in [0.1, 0.15) is 36.8 Å². The van der Waals surface area contributed by atoms with Gasteiger partial charge in [0.1, 0.15) is 6.10 Å². The molecule has 5 atom stereocenters. The summed E-state index contributed by atoms with van der Waals surface area (Å²) in [4.78, 5) is 0. The predicted molar refractivity (Wildman–Crippen MR) is 73.6 cm³/mol. The van der Waals surface area contributed by atoms with Crippen LogP contribution in [0, 0.1) is 41.6 Å². The van der Waals surface area contributed by atoms with Crippen LogP contribution in [0.25, 0.3) is 0 Å². The van der Waals surface area contributed by atoms with Crippen LogP contribution in [0.5, 0.6) is 0 Å². The molecule has 4 fully saturated rings. The highest BCUT2D eigenvalue weighted by Gasteiger charge is 2.63. The van der Waals surface area contributed by atoms with Gasteiger partial charge in [-0.3, -0.25) is 0 Å². The topological polar surface area (TPSA) is 20.2 Å². The van der Waals surface area contributed by atoms with Crippen LogP contribution in [-0.4, -0.2) is 5.11 Å².